The van der Waals surface area contributed by atoms with E-state index in [1.54, 1.807) is 6.07 Å². The normalized spacial score (nSPS) is 22.1. The Morgan fingerprint density at radius 2 is 2.24 bits per heavy atom. The molecule has 0 spiro atoms. The van der Waals surface area contributed by atoms with Gasteiger partial charge in [-0.05, 0) is 18.8 Å². The molecule has 0 aliphatic carbocycles. The van der Waals surface area contributed by atoms with Gasteiger partial charge in [0.2, 0.25) is 0 Å². The summed E-state index contributed by atoms with van der Waals surface area (Å²) in [6, 6.07) is 5.13. The highest BCUT2D eigenvalue weighted by molar-refractivity contribution is 5.59. The Morgan fingerprint density at radius 3 is 2.81 bits per heavy atom. The van der Waals surface area contributed by atoms with Crippen molar-refractivity contribution in [2.24, 2.45) is 11.7 Å². The number of rotatable bonds is 5. The number of nitrogens with zero attached hydrogens (tertiary/aromatic N) is 2. The van der Waals surface area contributed by atoms with Crippen LogP contribution < -0.4 is 15.4 Å². The van der Waals surface area contributed by atoms with Crippen LogP contribution in [0.4, 0.5) is 11.4 Å². The van der Waals surface area contributed by atoms with Gasteiger partial charge in [-0.1, -0.05) is 13.3 Å². The molecule has 1 aliphatic rings. The Kier molecular flexibility index (Phi) is 5.01. The van der Waals surface area contributed by atoms with Crippen molar-refractivity contribution in [3.8, 4) is 5.75 Å². The van der Waals surface area contributed by atoms with E-state index in [1.807, 2.05) is 6.07 Å². The van der Waals surface area contributed by atoms with Gasteiger partial charge in [-0.3, -0.25) is 10.1 Å². The summed E-state index contributed by atoms with van der Waals surface area (Å²) in [7, 11) is 1.52. The molecule has 1 aromatic rings. The second-order valence-electron chi connectivity index (χ2n) is 5.53. The van der Waals surface area contributed by atoms with E-state index in [9.17, 15) is 10.1 Å². The second-order valence-corrected chi connectivity index (χ2v) is 5.53. The van der Waals surface area contributed by atoms with Crippen molar-refractivity contribution in [3.63, 3.8) is 0 Å². The maximum absolute atomic E-state index is 11.1. The number of hydrogen-bond donors (Lipinski definition) is 1. The first kappa shape index (κ1) is 15.6. The monoisotopic (exact) mass is 293 g/mol. The van der Waals surface area contributed by atoms with Gasteiger partial charge in [0.25, 0.3) is 5.69 Å². The largest absolute Gasteiger partial charge is 0.496 e. The zero-order valence-corrected chi connectivity index (χ0v) is 12.6. The van der Waals surface area contributed by atoms with Crippen LogP contribution in [0.5, 0.6) is 5.75 Å². The van der Waals surface area contributed by atoms with Crippen LogP contribution in [0.15, 0.2) is 18.2 Å². The third kappa shape index (κ3) is 3.44. The fourth-order valence-corrected chi connectivity index (χ4v) is 3.03. The molecule has 6 heteroatoms. The van der Waals surface area contributed by atoms with Crippen LogP contribution in [0.3, 0.4) is 0 Å². The van der Waals surface area contributed by atoms with E-state index >= 15 is 0 Å². The van der Waals surface area contributed by atoms with Crippen molar-refractivity contribution in [1.29, 1.82) is 0 Å². The van der Waals surface area contributed by atoms with Gasteiger partial charge in [-0.2, -0.15) is 0 Å². The van der Waals surface area contributed by atoms with Crippen molar-refractivity contribution in [3.05, 3.63) is 28.3 Å². The molecular weight excluding hydrogens is 270 g/mol. The van der Waals surface area contributed by atoms with Crippen LogP contribution in [-0.4, -0.2) is 31.2 Å². The Hall–Kier alpha value is -1.82. The summed E-state index contributed by atoms with van der Waals surface area (Å²) in [6.45, 7) is 3.64. The standard InChI is InChI=1S/C15H23N3O3/c1-3-11-4-5-17(14(6-11)10-16)12-7-13(18(19)20)9-15(8-12)21-2/h7-9,11,14H,3-6,10,16H2,1-2H3. The number of nitro benzene ring substituents is 1. The minimum atomic E-state index is -0.387. The molecule has 6 nitrogen and oxygen atoms in total. The lowest BCUT2D eigenvalue weighted by Crippen LogP contribution is -2.46. The van der Waals surface area contributed by atoms with E-state index in [0.29, 0.717) is 18.2 Å². The summed E-state index contributed by atoms with van der Waals surface area (Å²) >= 11 is 0. The Bertz CT molecular complexity index is 507. The molecule has 2 rings (SSSR count). The Morgan fingerprint density at radius 1 is 1.48 bits per heavy atom. The van der Waals surface area contributed by atoms with Gasteiger partial charge in [0.1, 0.15) is 5.75 Å². The molecule has 0 amide bonds. The lowest BCUT2D eigenvalue weighted by Gasteiger charge is -2.40. The first-order valence-corrected chi connectivity index (χ1v) is 7.39. The molecule has 116 valence electrons. The highest BCUT2D eigenvalue weighted by atomic mass is 16.6. The van der Waals surface area contributed by atoms with E-state index in [0.717, 1.165) is 31.5 Å². The molecule has 1 saturated heterocycles. The maximum Gasteiger partial charge on any atom is 0.275 e. The molecule has 2 unspecified atom stereocenters. The van der Waals surface area contributed by atoms with Crippen LogP contribution in [0.25, 0.3) is 0 Å². The van der Waals surface area contributed by atoms with E-state index in [2.05, 4.69) is 11.8 Å². The van der Waals surface area contributed by atoms with Crippen molar-refractivity contribution in [2.45, 2.75) is 32.2 Å². The summed E-state index contributed by atoms with van der Waals surface area (Å²) in [5.74, 6) is 1.20. The van der Waals surface area contributed by atoms with E-state index in [-0.39, 0.29) is 16.7 Å². The number of benzene rings is 1. The molecule has 0 bridgehead atoms. The zero-order chi connectivity index (χ0) is 15.4. The first-order valence-electron chi connectivity index (χ1n) is 7.39. The molecular formula is C15H23N3O3. The van der Waals surface area contributed by atoms with Gasteiger partial charge < -0.3 is 15.4 Å². The zero-order valence-electron chi connectivity index (χ0n) is 12.6. The molecule has 0 saturated carbocycles. The van der Waals surface area contributed by atoms with Crippen LogP contribution in [0, 0.1) is 16.0 Å². The number of anilines is 1. The molecule has 1 aromatic carbocycles. The van der Waals surface area contributed by atoms with Crippen LogP contribution in [0.1, 0.15) is 26.2 Å². The summed E-state index contributed by atoms with van der Waals surface area (Å²) in [5.41, 5.74) is 6.79. The fourth-order valence-electron chi connectivity index (χ4n) is 3.03. The van der Waals surface area contributed by atoms with Gasteiger partial charge >= 0.3 is 0 Å². The Labute approximate surface area is 125 Å². The van der Waals surface area contributed by atoms with Crippen LogP contribution in [-0.2, 0) is 0 Å². The van der Waals surface area contributed by atoms with Crippen LogP contribution in [0.2, 0.25) is 0 Å². The topological polar surface area (TPSA) is 81.6 Å². The third-order valence-electron chi connectivity index (χ3n) is 4.33. The van der Waals surface area contributed by atoms with Gasteiger partial charge in [0.15, 0.2) is 0 Å². The highest BCUT2D eigenvalue weighted by Gasteiger charge is 2.28. The SMILES string of the molecule is CCC1CCN(c2cc(OC)cc([N+](=O)[O-])c2)C(CN)C1. The molecule has 1 fully saturated rings. The van der Waals surface area contributed by atoms with Crippen LogP contribution >= 0.6 is 0 Å². The minimum Gasteiger partial charge on any atom is -0.496 e. The number of nitrogens with two attached hydrogens (primary N) is 1. The van der Waals surface area contributed by atoms with Crippen molar-refractivity contribution >= 4 is 11.4 Å². The third-order valence-corrected chi connectivity index (χ3v) is 4.33. The predicted octanol–water partition coefficient (Wildman–Crippen LogP) is 2.56. The lowest BCUT2D eigenvalue weighted by atomic mass is 9.88. The number of methoxy groups -OCH3 is 1. The van der Waals surface area contributed by atoms with Crippen molar-refractivity contribution < 1.29 is 9.66 Å². The summed E-state index contributed by atoms with van der Waals surface area (Å²) < 4.78 is 5.19. The van der Waals surface area contributed by atoms with E-state index in [1.165, 1.54) is 13.2 Å². The Balaban J connectivity index is 2.31. The minimum absolute atomic E-state index is 0.0535. The average molecular weight is 293 g/mol. The van der Waals surface area contributed by atoms with Gasteiger partial charge in [0, 0.05) is 37.0 Å². The number of piperidine rings is 1. The predicted molar refractivity (Wildman–Crippen MR) is 82.9 cm³/mol. The van der Waals surface area contributed by atoms with Crippen molar-refractivity contribution in [1.82, 2.24) is 0 Å². The molecule has 1 aliphatic heterocycles. The van der Waals surface area contributed by atoms with Crippen molar-refractivity contribution in [2.75, 3.05) is 25.1 Å². The summed E-state index contributed by atoms with van der Waals surface area (Å²) in [5, 5.41) is 11.1. The fraction of sp³-hybridized carbons (Fsp3) is 0.600. The molecule has 2 atom stereocenters. The molecule has 2 N–H and O–H groups in total. The summed E-state index contributed by atoms with van der Waals surface area (Å²) in [6.07, 6.45) is 3.29. The highest BCUT2D eigenvalue weighted by Crippen LogP contribution is 2.34. The quantitative estimate of drug-likeness (QED) is 0.666. The smallest absolute Gasteiger partial charge is 0.275 e. The number of ether oxygens (including phenoxy) is 1. The molecule has 0 aromatic heterocycles. The molecule has 21 heavy (non-hydrogen) atoms. The average Bonchev–Trinajstić information content (AvgIpc) is 2.53. The number of nitro groups is 1. The van der Waals surface area contributed by atoms with E-state index in [4.69, 9.17) is 10.5 Å². The van der Waals surface area contributed by atoms with Gasteiger partial charge in [-0.25, -0.2) is 0 Å². The summed E-state index contributed by atoms with van der Waals surface area (Å²) in [4.78, 5) is 12.9. The molecule has 1 heterocycles. The second kappa shape index (κ2) is 6.76. The molecule has 0 radical (unpaired) electrons. The van der Waals surface area contributed by atoms with Gasteiger partial charge in [-0.15, -0.1) is 0 Å². The van der Waals surface area contributed by atoms with Gasteiger partial charge in [0.05, 0.1) is 18.1 Å². The number of non-ortho nitro benzene ring substituents is 1. The number of hydrogen-bond acceptors (Lipinski definition) is 5. The maximum atomic E-state index is 11.1. The van der Waals surface area contributed by atoms with E-state index < -0.39 is 0 Å². The first-order chi connectivity index (χ1) is 10.1. The lowest BCUT2D eigenvalue weighted by molar-refractivity contribution is -0.384.